The molecular weight excluding hydrogens is 358 g/mol. The molecule has 1 aromatic heterocycles. The Kier molecular flexibility index (Phi) is 5.71. The van der Waals surface area contributed by atoms with Crippen molar-refractivity contribution in [2.45, 2.75) is 20.0 Å². The van der Waals surface area contributed by atoms with Crippen molar-refractivity contribution in [2.75, 3.05) is 19.0 Å². The van der Waals surface area contributed by atoms with Crippen molar-refractivity contribution in [1.29, 1.82) is 0 Å². The first kappa shape index (κ1) is 18.8. The number of nitrogens with zero attached hydrogens (tertiary/aromatic N) is 4. The number of aromatic amines is 1. The zero-order valence-electron chi connectivity index (χ0n) is 15.9. The maximum atomic E-state index is 5.77. The molecule has 0 amide bonds. The molecule has 27 heavy (non-hydrogen) atoms. The minimum atomic E-state index is 0.101. The van der Waals surface area contributed by atoms with E-state index in [0.717, 1.165) is 22.6 Å². The van der Waals surface area contributed by atoms with Crippen LogP contribution in [0.3, 0.4) is 0 Å². The topological polar surface area (TPSA) is 58.4 Å². The number of hydrogen-bond donors (Lipinski definition) is 1. The van der Waals surface area contributed by atoms with Crippen LogP contribution in [0.2, 0.25) is 0 Å². The summed E-state index contributed by atoms with van der Waals surface area (Å²) in [5.41, 5.74) is 2.99. The summed E-state index contributed by atoms with van der Waals surface area (Å²) in [7, 11) is 4.02. The monoisotopic (exact) mass is 381 g/mol. The second-order valence-corrected chi connectivity index (χ2v) is 6.98. The van der Waals surface area contributed by atoms with Crippen molar-refractivity contribution >= 4 is 24.1 Å². The van der Waals surface area contributed by atoms with Gasteiger partial charge in [-0.15, -0.1) is 0 Å². The van der Waals surface area contributed by atoms with E-state index in [9.17, 15) is 0 Å². The number of H-pyrrole nitrogens is 1. The zero-order chi connectivity index (χ0) is 19.4. The fourth-order valence-corrected chi connectivity index (χ4v) is 2.73. The number of hydrogen-bond acceptors (Lipinski definition) is 5. The van der Waals surface area contributed by atoms with E-state index in [-0.39, 0.29) is 6.10 Å². The van der Waals surface area contributed by atoms with Gasteiger partial charge in [0.15, 0.2) is 5.82 Å². The molecule has 0 fully saturated rings. The summed E-state index contributed by atoms with van der Waals surface area (Å²) < 4.78 is 7.81. The van der Waals surface area contributed by atoms with Crippen LogP contribution >= 0.6 is 12.2 Å². The summed E-state index contributed by atoms with van der Waals surface area (Å²) in [5.74, 6) is 1.42. The average Bonchev–Trinajstić information content (AvgIpc) is 3.00. The van der Waals surface area contributed by atoms with Gasteiger partial charge in [0.25, 0.3) is 0 Å². The number of benzene rings is 2. The van der Waals surface area contributed by atoms with Crippen molar-refractivity contribution < 1.29 is 4.74 Å². The minimum absolute atomic E-state index is 0.101. The Bertz CT molecular complexity index is 986. The highest BCUT2D eigenvalue weighted by Gasteiger charge is 2.09. The summed E-state index contributed by atoms with van der Waals surface area (Å²) in [6, 6.07) is 15.9. The predicted molar refractivity (Wildman–Crippen MR) is 112 cm³/mol. The van der Waals surface area contributed by atoms with E-state index in [1.54, 1.807) is 10.9 Å². The quantitative estimate of drug-likeness (QED) is 0.510. The molecule has 0 radical (unpaired) electrons. The van der Waals surface area contributed by atoms with E-state index in [4.69, 9.17) is 17.0 Å². The standard InChI is InChI=1S/C20H23N5OS/c1-14(2)26-18-7-5-6-16(12-18)19-22-23-20(27)25(19)21-13-15-8-10-17(11-9-15)24(3)4/h5-14H,1-4H3,(H,23,27)/b21-13+. The summed E-state index contributed by atoms with van der Waals surface area (Å²) in [6.07, 6.45) is 1.87. The lowest BCUT2D eigenvalue weighted by atomic mass is 10.2. The van der Waals surface area contributed by atoms with E-state index in [2.05, 4.69) is 20.2 Å². The summed E-state index contributed by atoms with van der Waals surface area (Å²) in [4.78, 5) is 2.05. The predicted octanol–water partition coefficient (Wildman–Crippen LogP) is 4.34. The van der Waals surface area contributed by atoms with Crippen LogP contribution in [0.1, 0.15) is 19.4 Å². The SMILES string of the molecule is CC(C)Oc1cccc(-c2n[nH]c(=S)n2/N=C/c2ccc(N(C)C)cc2)c1. The highest BCUT2D eigenvalue weighted by molar-refractivity contribution is 7.71. The fourth-order valence-electron chi connectivity index (χ4n) is 2.55. The van der Waals surface area contributed by atoms with Gasteiger partial charge in [-0.3, -0.25) is 0 Å². The molecule has 7 heteroatoms. The molecule has 0 aliphatic heterocycles. The Morgan fingerprint density at radius 3 is 2.59 bits per heavy atom. The Hall–Kier alpha value is -2.93. The molecule has 0 saturated carbocycles. The normalized spacial score (nSPS) is 11.3. The van der Waals surface area contributed by atoms with Crippen molar-refractivity contribution in [3.05, 3.63) is 58.9 Å². The Balaban J connectivity index is 1.90. The molecular formula is C20H23N5OS. The number of anilines is 1. The second kappa shape index (κ2) is 8.18. The van der Waals surface area contributed by atoms with Crippen LogP contribution in [0.4, 0.5) is 5.69 Å². The molecule has 0 aliphatic carbocycles. The van der Waals surface area contributed by atoms with E-state index >= 15 is 0 Å². The van der Waals surface area contributed by atoms with Gasteiger partial charge in [-0.2, -0.15) is 14.9 Å². The van der Waals surface area contributed by atoms with Crippen molar-refractivity contribution in [2.24, 2.45) is 5.10 Å². The largest absolute Gasteiger partial charge is 0.491 e. The third kappa shape index (κ3) is 4.62. The van der Waals surface area contributed by atoms with Crippen LogP contribution < -0.4 is 9.64 Å². The van der Waals surface area contributed by atoms with E-state index in [0.29, 0.717) is 10.6 Å². The average molecular weight is 382 g/mol. The highest BCUT2D eigenvalue weighted by Crippen LogP contribution is 2.23. The lowest BCUT2D eigenvalue weighted by molar-refractivity contribution is 0.242. The van der Waals surface area contributed by atoms with Crippen LogP contribution in [0.5, 0.6) is 5.75 Å². The third-order valence-electron chi connectivity index (χ3n) is 3.85. The molecule has 3 rings (SSSR count). The van der Waals surface area contributed by atoms with E-state index in [1.807, 2.05) is 76.5 Å². The molecule has 0 bridgehead atoms. The number of rotatable bonds is 6. The fraction of sp³-hybridized carbons (Fsp3) is 0.250. The zero-order valence-corrected chi connectivity index (χ0v) is 16.7. The maximum Gasteiger partial charge on any atom is 0.216 e. The van der Waals surface area contributed by atoms with Crippen molar-refractivity contribution in [1.82, 2.24) is 14.9 Å². The van der Waals surface area contributed by atoms with Gasteiger partial charge in [-0.25, -0.2) is 5.10 Å². The molecule has 2 aromatic carbocycles. The van der Waals surface area contributed by atoms with Gasteiger partial charge in [0, 0.05) is 25.3 Å². The molecule has 3 aromatic rings. The van der Waals surface area contributed by atoms with Crippen LogP contribution in [-0.2, 0) is 0 Å². The lowest BCUT2D eigenvalue weighted by Crippen LogP contribution is -2.08. The molecule has 140 valence electrons. The van der Waals surface area contributed by atoms with E-state index in [1.165, 1.54) is 0 Å². The summed E-state index contributed by atoms with van der Waals surface area (Å²) in [6.45, 7) is 3.99. The third-order valence-corrected chi connectivity index (χ3v) is 4.11. The highest BCUT2D eigenvalue weighted by atomic mass is 32.1. The second-order valence-electron chi connectivity index (χ2n) is 6.59. The van der Waals surface area contributed by atoms with Gasteiger partial charge in [-0.1, -0.05) is 24.3 Å². The molecule has 1 N–H and O–H groups in total. The molecule has 0 unspecified atom stereocenters. The van der Waals surface area contributed by atoms with Gasteiger partial charge in [0.2, 0.25) is 4.77 Å². The Morgan fingerprint density at radius 2 is 1.93 bits per heavy atom. The van der Waals surface area contributed by atoms with Crippen LogP contribution in [-0.4, -0.2) is 41.3 Å². The molecule has 0 atom stereocenters. The van der Waals surface area contributed by atoms with Gasteiger partial charge in [0.1, 0.15) is 5.75 Å². The first-order valence-electron chi connectivity index (χ1n) is 8.70. The first-order valence-corrected chi connectivity index (χ1v) is 9.11. The van der Waals surface area contributed by atoms with Crippen molar-refractivity contribution in [3.63, 3.8) is 0 Å². The minimum Gasteiger partial charge on any atom is -0.491 e. The molecule has 0 saturated heterocycles. The van der Waals surface area contributed by atoms with Crippen LogP contribution in [0.25, 0.3) is 11.4 Å². The van der Waals surface area contributed by atoms with Gasteiger partial charge in [0.05, 0.1) is 12.3 Å². The molecule has 1 heterocycles. The molecule has 0 spiro atoms. The Labute approximate surface area is 164 Å². The van der Waals surface area contributed by atoms with Gasteiger partial charge < -0.3 is 9.64 Å². The first-order chi connectivity index (χ1) is 12.9. The van der Waals surface area contributed by atoms with Crippen LogP contribution in [0.15, 0.2) is 53.6 Å². The van der Waals surface area contributed by atoms with Gasteiger partial charge in [-0.05, 0) is 55.9 Å². The molecule has 6 nitrogen and oxygen atoms in total. The summed E-state index contributed by atoms with van der Waals surface area (Å²) >= 11 is 5.34. The van der Waals surface area contributed by atoms with E-state index < -0.39 is 0 Å². The number of nitrogens with one attached hydrogen (secondary N) is 1. The van der Waals surface area contributed by atoms with Gasteiger partial charge >= 0.3 is 0 Å². The smallest absolute Gasteiger partial charge is 0.216 e. The lowest BCUT2D eigenvalue weighted by Gasteiger charge is -2.11. The summed E-state index contributed by atoms with van der Waals surface area (Å²) in [5, 5.41) is 11.7. The maximum absolute atomic E-state index is 5.77. The molecule has 0 aliphatic rings. The Morgan fingerprint density at radius 1 is 1.19 bits per heavy atom. The van der Waals surface area contributed by atoms with Crippen LogP contribution in [0, 0.1) is 4.77 Å². The number of aromatic nitrogens is 3. The van der Waals surface area contributed by atoms with Crippen molar-refractivity contribution in [3.8, 4) is 17.1 Å². The number of ether oxygens (including phenoxy) is 1.